The van der Waals surface area contributed by atoms with Crippen LogP contribution in [0.1, 0.15) is 16.9 Å². The van der Waals surface area contributed by atoms with E-state index in [0.29, 0.717) is 37.0 Å². The first-order valence-corrected chi connectivity index (χ1v) is 7.56. The highest BCUT2D eigenvalue weighted by atomic mass is 16.6. The first-order valence-electron chi connectivity index (χ1n) is 7.56. The lowest BCUT2D eigenvalue weighted by Gasteiger charge is -2.18. The zero-order valence-electron chi connectivity index (χ0n) is 12.9. The third-order valence-corrected chi connectivity index (χ3v) is 3.48. The van der Waals surface area contributed by atoms with E-state index in [1.54, 1.807) is 12.1 Å². The number of carbonyl (C=O) groups is 1. The Morgan fingerprint density at radius 2 is 2.04 bits per heavy atom. The lowest BCUT2D eigenvalue weighted by molar-refractivity contribution is 0.0949. The fraction of sp³-hybridized carbons (Fsp3) is 0.375. The van der Waals surface area contributed by atoms with Crippen molar-refractivity contribution in [2.75, 3.05) is 33.4 Å². The third-order valence-electron chi connectivity index (χ3n) is 3.48. The van der Waals surface area contributed by atoms with Crippen LogP contribution in [0.25, 0.3) is 11.3 Å². The molecule has 0 saturated heterocycles. The summed E-state index contributed by atoms with van der Waals surface area (Å²) in [7, 11) is 1.87. The highest BCUT2D eigenvalue weighted by molar-refractivity contribution is 5.97. The van der Waals surface area contributed by atoms with Crippen molar-refractivity contribution in [3.8, 4) is 22.8 Å². The van der Waals surface area contributed by atoms with E-state index in [0.717, 1.165) is 18.5 Å². The van der Waals surface area contributed by atoms with Gasteiger partial charge in [0.05, 0.1) is 0 Å². The maximum atomic E-state index is 12.2. The largest absolute Gasteiger partial charge is 0.486 e. The van der Waals surface area contributed by atoms with Crippen molar-refractivity contribution >= 4 is 5.91 Å². The number of ether oxygens (including phenoxy) is 2. The molecule has 0 aliphatic carbocycles. The van der Waals surface area contributed by atoms with Crippen molar-refractivity contribution in [2.45, 2.75) is 6.42 Å². The van der Waals surface area contributed by atoms with Gasteiger partial charge in [-0.25, -0.2) is 4.98 Å². The molecule has 1 aliphatic heterocycles. The van der Waals surface area contributed by atoms with Crippen molar-refractivity contribution in [3.05, 3.63) is 30.3 Å². The van der Waals surface area contributed by atoms with Crippen LogP contribution in [0.5, 0.6) is 11.5 Å². The maximum absolute atomic E-state index is 12.2. The van der Waals surface area contributed by atoms with Gasteiger partial charge in [-0.2, -0.15) is 0 Å². The second-order valence-electron chi connectivity index (χ2n) is 5.10. The van der Waals surface area contributed by atoms with E-state index in [-0.39, 0.29) is 11.6 Å². The van der Waals surface area contributed by atoms with Gasteiger partial charge in [0.1, 0.15) is 13.2 Å². The summed E-state index contributed by atoms with van der Waals surface area (Å²) in [5, 5.41) is 5.87. The van der Waals surface area contributed by atoms with Gasteiger partial charge in [0.15, 0.2) is 29.3 Å². The second kappa shape index (κ2) is 7.15. The molecule has 0 spiro atoms. The van der Waals surface area contributed by atoms with Crippen LogP contribution in [-0.4, -0.2) is 44.2 Å². The average Bonchev–Trinajstić information content (AvgIpc) is 3.08. The molecule has 7 nitrogen and oxygen atoms in total. The molecule has 3 rings (SSSR count). The zero-order valence-corrected chi connectivity index (χ0v) is 12.9. The van der Waals surface area contributed by atoms with Crippen LogP contribution >= 0.6 is 0 Å². The fourth-order valence-corrected chi connectivity index (χ4v) is 2.35. The van der Waals surface area contributed by atoms with E-state index in [4.69, 9.17) is 13.9 Å². The first-order chi connectivity index (χ1) is 11.3. The SMILES string of the molecule is CNCCCNC(=O)c1ncoc1-c1ccc2c(c1)OCCO2. The summed E-state index contributed by atoms with van der Waals surface area (Å²) in [5.74, 6) is 1.51. The molecule has 2 N–H and O–H groups in total. The average molecular weight is 317 g/mol. The van der Waals surface area contributed by atoms with Gasteiger partial charge in [-0.3, -0.25) is 4.79 Å². The molecule has 1 amide bonds. The van der Waals surface area contributed by atoms with Gasteiger partial charge in [0, 0.05) is 12.1 Å². The summed E-state index contributed by atoms with van der Waals surface area (Å²) in [5.41, 5.74) is 0.998. The molecule has 2 heterocycles. The number of amides is 1. The normalized spacial score (nSPS) is 12.9. The van der Waals surface area contributed by atoms with Gasteiger partial charge in [0.25, 0.3) is 5.91 Å². The Balaban J connectivity index is 1.76. The Bertz CT molecular complexity index is 684. The quantitative estimate of drug-likeness (QED) is 0.784. The number of hydrogen-bond donors (Lipinski definition) is 2. The van der Waals surface area contributed by atoms with Crippen molar-refractivity contribution in [2.24, 2.45) is 0 Å². The van der Waals surface area contributed by atoms with Crippen LogP contribution in [0.15, 0.2) is 29.0 Å². The lowest BCUT2D eigenvalue weighted by Crippen LogP contribution is -2.27. The standard InChI is InChI=1S/C16H19N3O4/c1-17-5-2-6-18-16(20)14-15(23-10-19-14)11-3-4-12-13(9-11)22-8-7-21-12/h3-4,9-10,17H,2,5-8H2,1H3,(H,18,20). The van der Waals surface area contributed by atoms with Crippen LogP contribution < -0.4 is 20.1 Å². The predicted molar refractivity (Wildman–Crippen MR) is 83.8 cm³/mol. The monoisotopic (exact) mass is 317 g/mol. The Morgan fingerprint density at radius 1 is 1.22 bits per heavy atom. The van der Waals surface area contributed by atoms with E-state index in [2.05, 4.69) is 15.6 Å². The number of rotatable bonds is 6. The number of nitrogens with one attached hydrogen (secondary N) is 2. The van der Waals surface area contributed by atoms with E-state index in [1.165, 1.54) is 6.39 Å². The van der Waals surface area contributed by atoms with Crippen LogP contribution in [0.4, 0.5) is 0 Å². The van der Waals surface area contributed by atoms with Crippen LogP contribution in [0, 0.1) is 0 Å². The number of benzene rings is 1. The van der Waals surface area contributed by atoms with Gasteiger partial charge in [0.2, 0.25) is 0 Å². The molecule has 1 aliphatic rings. The smallest absolute Gasteiger partial charge is 0.273 e. The summed E-state index contributed by atoms with van der Waals surface area (Å²) in [6.45, 7) is 2.46. The molecule has 122 valence electrons. The van der Waals surface area contributed by atoms with Crippen molar-refractivity contribution < 1.29 is 18.7 Å². The van der Waals surface area contributed by atoms with Gasteiger partial charge in [-0.05, 0) is 38.2 Å². The zero-order chi connectivity index (χ0) is 16.1. The van der Waals surface area contributed by atoms with Crippen molar-refractivity contribution in [1.29, 1.82) is 0 Å². The molecule has 0 bridgehead atoms. The molecule has 2 aromatic rings. The van der Waals surface area contributed by atoms with Gasteiger partial charge in [-0.1, -0.05) is 0 Å². The highest BCUT2D eigenvalue weighted by Gasteiger charge is 2.20. The molecule has 0 atom stereocenters. The molecule has 23 heavy (non-hydrogen) atoms. The number of carbonyl (C=O) groups excluding carboxylic acids is 1. The molecule has 7 heteroatoms. The van der Waals surface area contributed by atoms with E-state index >= 15 is 0 Å². The molecule has 0 radical (unpaired) electrons. The fourth-order valence-electron chi connectivity index (χ4n) is 2.35. The molecule has 0 fully saturated rings. The summed E-state index contributed by atoms with van der Waals surface area (Å²) in [4.78, 5) is 16.3. The molecule has 1 aromatic carbocycles. The number of fused-ring (bicyclic) bond motifs is 1. The highest BCUT2D eigenvalue weighted by Crippen LogP contribution is 2.35. The molecule has 1 aromatic heterocycles. The minimum atomic E-state index is -0.250. The molecule has 0 saturated carbocycles. The van der Waals surface area contributed by atoms with Gasteiger partial charge < -0.3 is 24.5 Å². The molecular formula is C16H19N3O4. The summed E-state index contributed by atoms with van der Waals surface area (Å²) in [6, 6.07) is 5.43. The Hall–Kier alpha value is -2.54. The summed E-state index contributed by atoms with van der Waals surface area (Å²) in [6.07, 6.45) is 2.12. The van der Waals surface area contributed by atoms with Crippen molar-refractivity contribution in [3.63, 3.8) is 0 Å². The van der Waals surface area contributed by atoms with Crippen LogP contribution in [-0.2, 0) is 0 Å². The second-order valence-corrected chi connectivity index (χ2v) is 5.10. The number of hydrogen-bond acceptors (Lipinski definition) is 6. The Kier molecular flexibility index (Phi) is 4.77. The van der Waals surface area contributed by atoms with E-state index in [1.807, 2.05) is 13.1 Å². The van der Waals surface area contributed by atoms with Gasteiger partial charge >= 0.3 is 0 Å². The summed E-state index contributed by atoms with van der Waals surface area (Å²) < 4.78 is 16.5. The minimum absolute atomic E-state index is 0.250. The molecular weight excluding hydrogens is 298 g/mol. The Morgan fingerprint density at radius 3 is 2.87 bits per heavy atom. The van der Waals surface area contributed by atoms with Crippen LogP contribution in [0.2, 0.25) is 0 Å². The Labute approximate surface area is 134 Å². The maximum Gasteiger partial charge on any atom is 0.273 e. The third kappa shape index (κ3) is 3.45. The van der Waals surface area contributed by atoms with Gasteiger partial charge in [-0.15, -0.1) is 0 Å². The number of oxazole rings is 1. The minimum Gasteiger partial charge on any atom is -0.486 e. The number of aromatic nitrogens is 1. The topological polar surface area (TPSA) is 85.6 Å². The van der Waals surface area contributed by atoms with Crippen LogP contribution in [0.3, 0.4) is 0 Å². The predicted octanol–water partition coefficient (Wildman–Crippen LogP) is 1.45. The lowest BCUT2D eigenvalue weighted by atomic mass is 10.1. The number of nitrogens with zero attached hydrogens (tertiary/aromatic N) is 1. The van der Waals surface area contributed by atoms with Crippen molar-refractivity contribution in [1.82, 2.24) is 15.6 Å². The van der Waals surface area contributed by atoms with E-state index in [9.17, 15) is 4.79 Å². The first kappa shape index (κ1) is 15.4. The summed E-state index contributed by atoms with van der Waals surface area (Å²) >= 11 is 0. The van der Waals surface area contributed by atoms with E-state index < -0.39 is 0 Å². The molecule has 0 unspecified atom stereocenters.